The van der Waals surface area contributed by atoms with Crippen molar-refractivity contribution in [1.82, 2.24) is 10.2 Å². The van der Waals surface area contributed by atoms with E-state index >= 15 is 0 Å². The third-order valence-electron chi connectivity index (χ3n) is 3.88. The van der Waals surface area contributed by atoms with Crippen molar-refractivity contribution >= 4 is 0 Å². The molecule has 0 saturated carbocycles. The molecule has 1 aromatic heterocycles. The number of rotatable bonds is 3. The van der Waals surface area contributed by atoms with E-state index in [4.69, 9.17) is 4.42 Å². The van der Waals surface area contributed by atoms with Crippen LogP contribution in [0.15, 0.2) is 53.3 Å². The topological polar surface area (TPSA) is 28.4 Å². The summed E-state index contributed by atoms with van der Waals surface area (Å²) in [7, 11) is 0. The highest BCUT2D eigenvalue weighted by molar-refractivity contribution is 5.25. The minimum Gasteiger partial charge on any atom is -0.472 e. The molecule has 1 saturated heterocycles. The Labute approximate surface area is 114 Å². The van der Waals surface area contributed by atoms with Crippen LogP contribution in [0.1, 0.15) is 18.1 Å². The quantitative estimate of drug-likeness (QED) is 0.915. The van der Waals surface area contributed by atoms with E-state index in [-0.39, 0.29) is 5.54 Å². The second-order valence-electron chi connectivity index (χ2n) is 5.47. The van der Waals surface area contributed by atoms with Crippen LogP contribution in [-0.4, -0.2) is 24.5 Å². The van der Waals surface area contributed by atoms with Crippen molar-refractivity contribution in [3.05, 3.63) is 60.1 Å². The molecule has 1 aliphatic heterocycles. The van der Waals surface area contributed by atoms with E-state index in [9.17, 15) is 0 Å². The number of hydrogen-bond donors (Lipinski definition) is 1. The van der Waals surface area contributed by atoms with Gasteiger partial charge in [0.25, 0.3) is 0 Å². The van der Waals surface area contributed by atoms with Crippen molar-refractivity contribution in [2.24, 2.45) is 0 Å². The van der Waals surface area contributed by atoms with Gasteiger partial charge in [0, 0.05) is 31.7 Å². The molecule has 100 valence electrons. The lowest BCUT2D eigenvalue weighted by Crippen LogP contribution is -2.56. The van der Waals surface area contributed by atoms with Gasteiger partial charge >= 0.3 is 0 Å². The number of benzene rings is 1. The average Bonchev–Trinajstić information content (AvgIpc) is 2.93. The Morgan fingerprint density at radius 3 is 2.84 bits per heavy atom. The predicted octanol–water partition coefficient (Wildman–Crippen LogP) is 2.60. The van der Waals surface area contributed by atoms with Crippen LogP contribution in [-0.2, 0) is 12.1 Å². The predicted molar refractivity (Wildman–Crippen MR) is 75.8 cm³/mol. The fourth-order valence-corrected chi connectivity index (χ4v) is 2.85. The molecule has 0 aliphatic carbocycles. The maximum absolute atomic E-state index is 5.15. The zero-order chi connectivity index (χ0) is 13.1. The molecule has 2 heterocycles. The standard InChI is InChI=1S/C16H20N2O/c1-16(15-5-3-2-4-6-15)13-18(9-8-17-16)11-14-7-10-19-12-14/h2-7,10,12,17H,8-9,11,13H2,1H3. The Bertz CT molecular complexity index is 509. The summed E-state index contributed by atoms with van der Waals surface area (Å²) in [6, 6.07) is 12.7. The summed E-state index contributed by atoms with van der Waals surface area (Å²) >= 11 is 0. The van der Waals surface area contributed by atoms with E-state index in [1.165, 1.54) is 11.1 Å². The molecule has 3 rings (SSSR count). The van der Waals surface area contributed by atoms with Gasteiger partial charge in [-0.05, 0) is 18.6 Å². The van der Waals surface area contributed by atoms with Gasteiger partial charge in [0.1, 0.15) is 0 Å². The van der Waals surface area contributed by atoms with Crippen molar-refractivity contribution in [1.29, 1.82) is 0 Å². The first-order chi connectivity index (χ1) is 9.26. The molecule has 3 nitrogen and oxygen atoms in total. The largest absolute Gasteiger partial charge is 0.472 e. The van der Waals surface area contributed by atoms with Gasteiger partial charge in [0.05, 0.1) is 18.1 Å². The highest BCUT2D eigenvalue weighted by Gasteiger charge is 2.31. The Hall–Kier alpha value is -1.58. The molecule has 1 fully saturated rings. The summed E-state index contributed by atoms with van der Waals surface area (Å²) < 4.78 is 5.15. The molecule has 0 bridgehead atoms. The van der Waals surface area contributed by atoms with Gasteiger partial charge in [-0.25, -0.2) is 0 Å². The lowest BCUT2D eigenvalue weighted by Gasteiger charge is -2.41. The van der Waals surface area contributed by atoms with Crippen LogP contribution >= 0.6 is 0 Å². The Kier molecular flexibility index (Phi) is 3.40. The lowest BCUT2D eigenvalue weighted by molar-refractivity contribution is 0.136. The first kappa shape index (κ1) is 12.5. The van der Waals surface area contributed by atoms with E-state index in [1.807, 2.05) is 12.3 Å². The molecule has 2 aromatic rings. The lowest BCUT2D eigenvalue weighted by atomic mass is 9.89. The fourth-order valence-electron chi connectivity index (χ4n) is 2.85. The van der Waals surface area contributed by atoms with Gasteiger partial charge in [0.2, 0.25) is 0 Å². The minimum atomic E-state index is 0.0310. The molecule has 1 N–H and O–H groups in total. The van der Waals surface area contributed by atoms with Crippen LogP contribution in [0.25, 0.3) is 0 Å². The van der Waals surface area contributed by atoms with Crippen LogP contribution in [0.3, 0.4) is 0 Å². The zero-order valence-corrected chi connectivity index (χ0v) is 11.3. The molecule has 0 radical (unpaired) electrons. The van der Waals surface area contributed by atoms with E-state index < -0.39 is 0 Å². The molecule has 1 aromatic carbocycles. The fraction of sp³-hybridized carbons (Fsp3) is 0.375. The SMILES string of the molecule is CC1(c2ccccc2)CN(Cc2ccoc2)CCN1. The van der Waals surface area contributed by atoms with E-state index in [0.29, 0.717) is 0 Å². The van der Waals surface area contributed by atoms with Crippen molar-refractivity contribution in [3.8, 4) is 0 Å². The molecule has 0 amide bonds. The second kappa shape index (κ2) is 5.19. The number of nitrogens with one attached hydrogen (secondary N) is 1. The first-order valence-corrected chi connectivity index (χ1v) is 6.80. The van der Waals surface area contributed by atoms with Crippen molar-refractivity contribution in [3.63, 3.8) is 0 Å². The summed E-state index contributed by atoms with van der Waals surface area (Å²) in [5.41, 5.74) is 2.63. The van der Waals surface area contributed by atoms with Crippen LogP contribution in [0.5, 0.6) is 0 Å². The van der Waals surface area contributed by atoms with Crippen LogP contribution in [0, 0.1) is 0 Å². The molecule has 3 heteroatoms. The maximum atomic E-state index is 5.15. The number of hydrogen-bond acceptors (Lipinski definition) is 3. The zero-order valence-electron chi connectivity index (χ0n) is 11.3. The minimum absolute atomic E-state index is 0.0310. The molecular weight excluding hydrogens is 236 g/mol. The Morgan fingerprint density at radius 1 is 1.26 bits per heavy atom. The molecule has 0 spiro atoms. The van der Waals surface area contributed by atoms with Gasteiger partial charge < -0.3 is 9.73 Å². The van der Waals surface area contributed by atoms with Gasteiger partial charge in [-0.15, -0.1) is 0 Å². The Morgan fingerprint density at radius 2 is 2.11 bits per heavy atom. The number of nitrogens with zero attached hydrogens (tertiary/aromatic N) is 1. The van der Waals surface area contributed by atoms with Gasteiger partial charge in [-0.3, -0.25) is 4.90 Å². The molecule has 1 unspecified atom stereocenters. The maximum Gasteiger partial charge on any atom is 0.0947 e. The summed E-state index contributed by atoms with van der Waals surface area (Å²) in [5, 5.41) is 3.66. The van der Waals surface area contributed by atoms with Crippen LogP contribution in [0.2, 0.25) is 0 Å². The van der Waals surface area contributed by atoms with Gasteiger partial charge in [-0.1, -0.05) is 30.3 Å². The van der Waals surface area contributed by atoms with E-state index in [1.54, 1.807) is 6.26 Å². The van der Waals surface area contributed by atoms with E-state index in [2.05, 4.69) is 47.5 Å². The second-order valence-corrected chi connectivity index (χ2v) is 5.47. The summed E-state index contributed by atoms with van der Waals surface area (Å²) in [6.07, 6.45) is 3.58. The van der Waals surface area contributed by atoms with Gasteiger partial charge in [0.15, 0.2) is 0 Å². The van der Waals surface area contributed by atoms with Crippen molar-refractivity contribution in [2.75, 3.05) is 19.6 Å². The van der Waals surface area contributed by atoms with Crippen molar-refractivity contribution in [2.45, 2.75) is 19.0 Å². The monoisotopic (exact) mass is 256 g/mol. The third-order valence-corrected chi connectivity index (χ3v) is 3.88. The normalized spacial score (nSPS) is 24.5. The summed E-state index contributed by atoms with van der Waals surface area (Å²) in [5.74, 6) is 0. The van der Waals surface area contributed by atoms with Crippen molar-refractivity contribution < 1.29 is 4.42 Å². The number of piperazine rings is 1. The summed E-state index contributed by atoms with van der Waals surface area (Å²) in [6.45, 7) is 6.35. The van der Waals surface area contributed by atoms with Crippen LogP contribution in [0.4, 0.5) is 0 Å². The molecule has 1 atom stereocenters. The number of furan rings is 1. The highest BCUT2D eigenvalue weighted by Crippen LogP contribution is 2.25. The Balaban J connectivity index is 1.74. The first-order valence-electron chi connectivity index (χ1n) is 6.80. The van der Waals surface area contributed by atoms with Gasteiger partial charge in [-0.2, -0.15) is 0 Å². The smallest absolute Gasteiger partial charge is 0.0947 e. The van der Waals surface area contributed by atoms with E-state index in [0.717, 1.165) is 26.2 Å². The molecule has 19 heavy (non-hydrogen) atoms. The molecular formula is C16H20N2O. The van der Waals surface area contributed by atoms with Crippen LogP contribution < -0.4 is 5.32 Å². The average molecular weight is 256 g/mol. The molecule has 1 aliphatic rings. The highest BCUT2D eigenvalue weighted by atomic mass is 16.3. The summed E-state index contributed by atoms with van der Waals surface area (Å²) in [4.78, 5) is 2.48. The third kappa shape index (κ3) is 2.72.